The number of unbranched alkanes of at least 4 members (excludes halogenated alkanes) is 14. The lowest BCUT2D eigenvalue weighted by molar-refractivity contribution is -0.182. The molecule has 0 radical (unpaired) electrons. The molecule has 2 aromatic rings. The molecule has 0 saturated carbocycles. The fraction of sp³-hybridized carbons (Fsp3) is 0.660. The van der Waals surface area contributed by atoms with Crippen molar-refractivity contribution in [3.8, 4) is 5.75 Å². The Morgan fingerprint density at radius 3 is 2.12 bits per heavy atom. The van der Waals surface area contributed by atoms with Gasteiger partial charge in [-0.1, -0.05) is 111 Å². The fourth-order valence-corrected chi connectivity index (χ4v) is 9.73. The molecule has 4 heterocycles. The molecule has 2 unspecified atom stereocenters. The van der Waals surface area contributed by atoms with Gasteiger partial charge in [0.1, 0.15) is 24.4 Å². The molecule has 358 valence electrons. The largest absolute Gasteiger partial charge is 0.508 e. The van der Waals surface area contributed by atoms with Crippen LogP contribution in [-0.4, -0.2) is 86.6 Å². The zero-order chi connectivity index (χ0) is 46.9. The fourth-order valence-electron chi connectivity index (χ4n) is 9.73. The van der Waals surface area contributed by atoms with E-state index in [0.29, 0.717) is 55.6 Å². The van der Waals surface area contributed by atoms with Crippen LogP contribution in [0.5, 0.6) is 5.75 Å². The van der Waals surface area contributed by atoms with Crippen molar-refractivity contribution in [3.63, 3.8) is 0 Å². The van der Waals surface area contributed by atoms with Crippen molar-refractivity contribution >= 4 is 46.5 Å². The predicted octanol–water partition coefficient (Wildman–Crippen LogP) is 7.67. The number of aromatic nitrogens is 1. The standard InChI is InChI=1S/C50H73N5O10/c1-4-7-8-9-10-11-12-13-14-15-16-17-18-19-23-41(48(61)62)54-46(59)40(22-20-21-28-51)52-43(57)26-27-44(58)65-50(6-3)38-30-42-45-36(31-55(42)47(60)37(38)32-64-49(50)63)34(5-2)35-29-33(56)24-25-39(35)53-45/h24-25,29,40-42,56H,4-23,26-28,30-32,51H2,1-3H3,(H,52,57)(H,54,59)(H,61,62)/t40-,41?,42?,50-/m0/s1. The minimum absolute atomic E-state index is 0.0203. The summed E-state index contributed by atoms with van der Waals surface area (Å²) >= 11 is 0. The molecule has 6 N–H and O–H groups in total. The minimum Gasteiger partial charge on any atom is -0.508 e. The Morgan fingerprint density at radius 1 is 0.877 bits per heavy atom. The van der Waals surface area contributed by atoms with Crippen molar-refractivity contribution in [2.24, 2.45) is 5.73 Å². The van der Waals surface area contributed by atoms with Gasteiger partial charge in [0.05, 0.1) is 29.2 Å². The Balaban J connectivity index is 1.14. The molecule has 5 rings (SSSR count). The number of nitrogens with zero attached hydrogens (tertiary/aromatic N) is 2. The molecule has 0 bridgehead atoms. The summed E-state index contributed by atoms with van der Waals surface area (Å²) in [7, 11) is 0. The molecule has 0 fully saturated rings. The molecular weight excluding hydrogens is 831 g/mol. The van der Waals surface area contributed by atoms with E-state index in [4.69, 9.17) is 20.2 Å². The van der Waals surface area contributed by atoms with Crippen molar-refractivity contribution in [3.05, 3.63) is 46.2 Å². The maximum atomic E-state index is 14.1. The quantitative estimate of drug-likeness (QED) is 0.0392. The second-order valence-corrected chi connectivity index (χ2v) is 18.0. The lowest BCUT2D eigenvalue weighted by Crippen LogP contribution is -2.54. The topological polar surface area (TPSA) is 228 Å². The first-order valence-corrected chi connectivity index (χ1v) is 24.5. The van der Waals surface area contributed by atoms with Gasteiger partial charge in [-0.2, -0.15) is 0 Å². The summed E-state index contributed by atoms with van der Waals surface area (Å²) in [5.41, 5.74) is 7.63. The third-order valence-corrected chi connectivity index (χ3v) is 13.4. The number of benzene rings is 1. The zero-order valence-corrected chi connectivity index (χ0v) is 39.0. The highest BCUT2D eigenvalue weighted by Crippen LogP contribution is 2.49. The molecule has 3 amide bonds. The molecule has 4 atom stereocenters. The van der Waals surface area contributed by atoms with Crippen LogP contribution in [0.25, 0.3) is 10.9 Å². The van der Waals surface area contributed by atoms with Crippen LogP contribution in [0.3, 0.4) is 0 Å². The number of phenolic OH excluding ortho intramolecular Hbond substituents is 1. The van der Waals surface area contributed by atoms with E-state index in [-0.39, 0.29) is 55.9 Å². The number of nitrogens with one attached hydrogen (secondary N) is 2. The number of aryl methyl sites for hydroxylation is 1. The van der Waals surface area contributed by atoms with Gasteiger partial charge in [-0.05, 0) is 86.4 Å². The molecule has 0 saturated heterocycles. The lowest BCUT2D eigenvalue weighted by atomic mass is 9.78. The van der Waals surface area contributed by atoms with E-state index in [1.807, 2.05) is 6.92 Å². The van der Waals surface area contributed by atoms with Gasteiger partial charge in [-0.15, -0.1) is 0 Å². The summed E-state index contributed by atoms with van der Waals surface area (Å²) in [4.78, 5) is 86.9. The second-order valence-electron chi connectivity index (χ2n) is 18.0. The number of pyridine rings is 1. The monoisotopic (exact) mass is 904 g/mol. The van der Waals surface area contributed by atoms with Crippen LogP contribution in [0.15, 0.2) is 29.3 Å². The molecule has 0 aliphatic carbocycles. The molecule has 3 aliphatic rings. The van der Waals surface area contributed by atoms with Gasteiger partial charge >= 0.3 is 17.9 Å². The van der Waals surface area contributed by atoms with Crippen LogP contribution in [-0.2, 0) is 51.2 Å². The third kappa shape index (κ3) is 13.1. The van der Waals surface area contributed by atoms with Gasteiger partial charge in [0.2, 0.25) is 17.4 Å². The average Bonchev–Trinajstić information content (AvgIpc) is 3.66. The van der Waals surface area contributed by atoms with Crippen molar-refractivity contribution < 1.29 is 48.5 Å². The zero-order valence-electron chi connectivity index (χ0n) is 39.0. The number of nitrogens with two attached hydrogens (primary N) is 1. The maximum Gasteiger partial charge on any atom is 0.355 e. The summed E-state index contributed by atoms with van der Waals surface area (Å²) in [5, 5.41) is 26.3. The van der Waals surface area contributed by atoms with Gasteiger partial charge < -0.3 is 41.0 Å². The Labute approximate surface area is 384 Å². The van der Waals surface area contributed by atoms with E-state index >= 15 is 0 Å². The van der Waals surface area contributed by atoms with Gasteiger partial charge in [0.15, 0.2) is 0 Å². The number of esters is 2. The highest BCUT2D eigenvalue weighted by molar-refractivity contribution is 6.02. The summed E-state index contributed by atoms with van der Waals surface area (Å²) in [6, 6.07) is 2.28. The van der Waals surface area contributed by atoms with E-state index < -0.39 is 59.9 Å². The van der Waals surface area contributed by atoms with E-state index in [1.54, 1.807) is 30.0 Å². The SMILES string of the molecule is CCCCCCCCCCCCCCCCC(NC(=O)[C@H](CCCCN)NC(=O)CCC(=O)O[C@]1(CC)C(=O)OCC2=C1CC1c3nc4ccc(O)cc4c(CC)c3CN1C2=O)C(=O)O. The molecule has 0 spiro atoms. The summed E-state index contributed by atoms with van der Waals surface area (Å²) in [6.07, 6.45) is 18.0. The molecular formula is C50H73N5O10. The van der Waals surface area contributed by atoms with Crippen LogP contribution in [0, 0.1) is 0 Å². The number of rotatable bonds is 29. The Hall–Kier alpha value is -5.05. The number of carboxylic acid groups (broad SMARTS) is 1. The van der Waals surface area contributed by atoms with Gasteiger partial charge in [-0.3, -0.25) is 24.2 Å². The Morgan fingerprint density at radius 2 is 1.51 bits per heavy atom. The minimum atomic E-state index is -1.90. The first kappa shape index (κ1) is 50.9. The number of ether oxygens (including phenoxy) is 2. The molecule has 65 heavy (non-hydrogen) atoms. The van der Waals surface area contributed by atoms with Crippen molar-refractivity contribution in [1.82, 2.24) is 20.5 Å². The van der Waals surface area contributed by atoms with E-state index in [1.165, 1.54) is 64.2 Å². The van der Waals surface area contributed by atoms with E-state index in [0.717, 1.165) is 35.8 Å². The Bertz CT molecular complexity index is 2040. The normalized spacial score (nSPS) is 18.7. The van der Waals surface area contributed by atoms with Gasteiger partial charge in [0, 0.05) is 18.4 Å². The molecule has 15 nitrogen and oxygen atoms in total. The third-order valence-electron chi connectivity index (χ3n) is 13.4. The smallest absolute Gasteiger partial charge is 0.355 e. The summed E-state index contributed by atoms with van der Waals surface area (Å²) in [5.74, 6) is -4.29. The van der Waals surface area contributed by atoms with Crippen molar-refractivity contribution in [1.29, 1.82) is 0 Å². The highest BCUT2D eigenvalue weighted by atomic mass is 16.6. The molecule has 15 heteroatoms. The number of aliphatic carboxylic acids is 1. The first-order valence-electron chi connectivity index (χ1n) is 24.5. The second kappa shape index (κ2) is 25.0. The highest BCUT2D eigenvalue weighted by Gasteiger charge is 2.56. The summed E-state index contributed by atoms with van der Waals surface area (Å²) < 4.78 is 11.5. The van der Waals surface area contributed by atoms with Crippen LogP contribution >= 0.6 is 0 Å². The maximum absolute atomic E-state index is 14.1. The van der Waals surface area contributed by atoms with Gasteiger partial charge in [-0.25, -0.2) is 9.59 Å². The number of hydrogen-bond donors (Lipinski definition) is 5. The number of phenols is 1. The van der Waals surface area contributed by atoms with E-state index in [9.17, 15) is 39.0 Å². The number of aromatic hydroxyl groups is 1. The van der Waals surface area contributed by atoms with Crippen molar-refractivity contribution in [2.75, 3.05) is 13.2 Å². The van der Waals surface area contributed by atoms with Crippen LogP contribution in [0.4, 0.5) is 0 Å². The first-order chi connectivity index (χ1) is 31.4. The molecule has 1 aromatic heterocycles. The number of amides is 3. The van der Waals surface area contributed by atoms with Crippen LogP contribution in [0.2, 0.25) is 0 Å². The van der Waals surface area contributed by atoms with Crippen molar-refractivity contribution in [2.45, 2.75) is 199 Å². The number of fused-ring (bicyclic) bond motifs is 4. The Kier molecular flexibility index (Phi) is 19.6. The molecule has 1 aromatic carbocycles. The average molecular weight is 904 g/mol. The summed E-state index contributed by atoms with van der Waals surface area (Å²) in [6.45, 7) is 6.30. The van der Waals surface area contributed by atoms with E-state index in [2.05, 4.69) is 17.6 Å². The number of hydrogen-bond acceptors (Lipinski definition) is 11. The molecule has 3 aliphatic heterocycles. The van der Waals surface area contributed by atoms with Crippen LogP contribution in [0.1, 0.15) is 185 Å². The number of cyclic esters (lactones) is 1. The van der Waals surface area contributed by atoms with Gasteiger partial charge in [0.25, 0.3) is 5.91 Å². The van der Waals surface area contributed by atoms with Crippen LogP contribution < -0.4 is 16.4 Å². The lowest BCUT2D eigenvalue weighted by Gasteiger charge is -2.42. The predicted molar refractivity (Wildman–Crippen MR) is 246 cm³/mol. The number of carbonyl (C=O) groups is 6. The number of carbonyl (C=O) groups excluding carboxylic acids is 5. The number of carboxylic acids is 1.